The van der Waals surface area contributed by atoms with Crippen LogP contribution in [0, 0.1) is 0 Å². The number of rotatable bonds is 7. The van der Waals surface area contributed by atoms with Crippen LogP contribution in [-0.4, -0.2) is 24.9 Å². The van der Waals surface area contributed by atoms with Gasteiger partial charge in [0.05, 0.1) is 12.8 Å². The van der Waals surface area contributed by atoms with Crippen molar-refractivity contribution in [1.82, 2.24) is 0 Å². The first-order valence-electron chi connectivity index (χ1n) is 6.25. The van der Waals surface area contributed by atoms with Gasteiger partial charge in [-0.05, 0) is 19.4 Å². The summed E-state index contributed by atoms with van der Waals surface area (Å²) in [5.41, 5.74) is 0.732. The Balaban J connectivity index is 2.39. The van der Waals surface area contributed by atoms with E-state index in [1.54, 1.807) is 19.1 Å². The van der Waals surface area contributed by atoms with Gasteiger partial charge in [0.2, 0.25) is 6.10 Å². The number of hydrogen-bond donors (Lipinski definition) is 0. The molecule has 0 bridgehead atoms. The quantitative estimate of drug-likeness (QED) is 0.333. The molecule has 19 heavy (non-hydrogen) atoms. The number of carbonyl (C=O) groups excluding carboxylic acids is 1. The molecule has 4 nitrogen and oxygen atoms in total. The zero-order valence-electron chi connectivity index (χ0n) is 11.1. The van der Waals surface area contributed by atoms with E-state index in [-0.39, 0.29) is 0 Å². The molecule has 0 heterocycles. The highest BCUT2D eigenvalue weighted by Crippen LogP contribution is 2.12. The summed E-state index contributed by atoms with van der Waals surface area (Å²) in [6.07, 6.45) is 2.57. The van der Waals surface area contributed by atoms with Crippen LogP contribution in [0.2, 0.25) is 5.02 Å². The van der Waals surface area contributed by atoms with Gasteiger partial charge in [0, 0.05) is 10.6 Å². The average molecular weight is 284 g/mol. The van der Waals surface area contributed by atoms with Crippen LogP contribution in [0.5, 0.6) is 0 Å². The Morgan fingerprint density at radius 1 is 1.47 bits per heavy atom. The van der Waals surface area contributed by atoms with E-state index >= 15 is 0 Å². The number of unbranched alkanes of at least 4 members (excludes halogenated alkanes) is 1. The van der Waals surface area contributed by atoms with Crippen LogP contribution in [0.4, 0.5) is 0 Å². The first-order chi connectivity index (χ1) is 9.15. The molecule has 104 valence electrons. The smallest absolute Gasteiger partial charge is 0.349 e. The summed E-state index contributed by atoms with van der Waals surface area (Å²) in [4.78, 5) is 16.5. The van der Waals surface area contributed by atoms with E-state index in [4.69, 9.17) is 21.2 Å². The molecule has 0 aliphatic rings. The Bertz CT molecular complexity index is 434. The van der Waals surface area contributed by atoms with E-state index in [0.717, 1.165) is 18.4 Å². The van der Waals surface area contributed by atoms with Crippen LogP contribution in [0.25, 0.3) is 0 Å². The number of esters is 1. The van der Waals surface area contributed by atoms with Crippen molar-refractivity contribution in [3.63, 3.8) is 0 Å². The Morgan fingerprint density at radius 2 is 2.21 bits per heavy atom. The van der Waals surface area contributed by atoms with Gasteiger partial charge >= 0.3 is 5.97 Å². The van der Waals surface area contributed by atoms with Gasteiger partial charge < -0.3 is 9.57 Å². The molecule has 5 heteroatoms. The van der Waals surface area contributed by atoms with Crippen molar-refractivity contribution >= 4 is 23.8 Å². The summed E-state index contributed by atoms with van der Waals surface area (Å²) in [5.74, 6) is -0.412. The largest absolute Gasteiger partial charge is 0.463 e. The summed E-state index contributed by atoms with van der Waals surface area (Å²) < 4.78 is 5.01. The second kappa shape index (κ2) is 8.53. The van der Waals surface area contributed by atoms with Crippen molar-refractivity contribution in [2.24, 2.45) is 5.16 Å². The highest BCUT2D eigenvalue weighted by Gasteiger charge is 2.15. The fourth-order valence-corrected chi connectivity index (χ4v) is 1.42. The molecule has 0 saturated carbocycles. The Labute approximate surface area is 118 Å². The number of ether oxygens (including phenoxy) is 1. The van der Waals surface area contributed by atoms with Crippen molar-refractivity contribution in [3.8, 4) is 0 Å². The number of nitrogens with zero attached hydrogens (tertiary/aromatic N) is 1. The van der Waals surface area contributed by atoms with Gasteiger partial charge in [-0.1, -0.05) is 48.3 Å². The average Bonchev–Trinajstić information content (AvgIpc) is 2.41. The molecule has 1 rings (SSSR count). The van der Waals surface area contributed by atoms with Crippen molar-refractivity contribution in [2.75, 3.05) is 6.61 Å². The molecule has 1 unspecified atom stereocenters. The molecule has 0 radical (unpaired) electrons. The van der Waals surface area contributed by atoms with Gasteiger partial charge in [-0.15, -0.1) is 0 Å². The summed E-state index contributed by atoms with van der Waals surface area (Å²) in [5, 5.41) is 4.32. The lowest BCUT2D eigenvalue weighted by Gasteiger charge is -2.09. The second-order valence-electron chi connectivity index (χ2n) is 4.02. The Kier molecular flexibility index (Phi) is 6.97. The van der Waals surface area contributed by atoms with Gasteiger partial charge in [0.15, 0.2) is 0 Å². The van der Waals surface area contributed by atoms with Crippen LogP contribution in [0.15, 0.2) is 29.4 Å². The minimum atomic E-state index is -0.726. The van der Waals surface area contributed by atoms with Gasteiger partial charge in [0.1, 0.15) is 0 Å². The first-order valence-corrected chi connectivity index (χ1v) is 6.63. The fraction of sp³-hybridized carbons (Fsp3) is 0.429. The van der Waals surface area contributed by atoms with Crippen LogP contribution >= 0.6 is 11.6 Å². The van der Waals surface area contributed by atoms with E-state index in [1.807, 2.05) is 19.1 Å². The fourth-order valence-electron chi connectivity index (χ4n) is 1.24. The van der Waals surface area contributed by atoms with Crippen molar-refractivity contribution in [3.05, 3.63) is 34.9 Å². The minimum absolute atomic E-state index is 0.412. The molecule has 0 amide bonds. The summed E-state index contributed by atoms with van der Waals surface area (Å²) in [7, 11) is 0. The topological polar surface area (TPSA) is 47.9 Å². The summed E-state index contributed by atoms with van der Waals surface area (Å²) >= 11 is 5.95. The zero-order chi connectivity index (χ0) is 14.1. The molecule has 1 atom stereocenters. The molecule has 0 aliphatic carbocycles. The van der Waals surface area contributed by atoms with Crippen LogP contribution in [0.1, 0.15) is 32.3 Å². The molecule has 0 N–H and O–H groups in total. The molecule has 0 saturated heterocycles. The predicted octanol–water partition coefficient (Wildman–Crippen LogP) is 3.42. The molecule has 0 aromatic heterocycles. The van der Waals surface area contributed by atoms with Gasteiger partial charge in [0.25, 0.3) is 0 Å². The molecule has 0 spiro atoms. The van der Waals surface area contributed by atoms with E-state index in [1.165, 1.54) is 6.21 Å². The third-order valence-corrected chi connectivity index (χ3v) is 2.73. The Hall–Kier alpha value is -1.55. The zero-order valence-corrected chi connectivity index (χ0v) is 11.9. The number of carbonyl (C=O) groups is 1. The van der Waals surface area contributed by atoms with Gasteiger partial charge in [-0.3, -0.25) is 0 Å². The lowest BCUT2D eigenvalue weighted by Crippen LogP contribution is -2.22. The second-order valence-corrected chi connectivity index (χ2v) is 4.43. The number of hydrogen-bond acceptors (Lipinski definition) is 4. The third kappa shape index (κ3) is 5.75. The molecule has 0 fully saturated rings. The monoisotopic (exact) mass is 283 g/mol. The summed E-state index contributed by atoms with van der Waals surface area (Å²) in [6, 6.07) is 7.23. The standard InChI is InChI=1S/C14H18ClNO3/c1-3-4-9-18-14(17)11(2)19-16-10-12-7-5-6-8-13(12)15/h5-8,10-11H,3-4,9H2,1-2H3. The number of benzene rings is 1. The highest BCUT2D eigenvalue weighted by atomic mass is 35.5. The maximum absolute atomic E-state index is 11.5. The normalized spacial score (nSPS) is 12.4. The van der Waals surface area contributed by atoms with Crippen molar-refractivity contribution < 1.29 is 14.4 Å². The molecule has 1 aromatic carbocycles. The maximum atomic E-state index is 11.5. The van der Waals surface area contributed by atoms with E-state index < -0.39 is 12.1 Å². The van der Waals surface area contributed by atoms with Crippen LogP contribution in [-0.2, 0) is 14.4 Å². The number of halogens is 1. The SMILES string of the molecule is CCCCOC(=O)C(C)ON=Cc1ccccc1Cl. The lowest BCUT2D eigenvalue weighted by atomic mass is 10.2. The summed E-state index contributed by atoms with van der Waals surface area (Å²) in [6.45, 7) is 4.04. The van der Waals surface area contributed by atoms with E-state index in [2.05, 4.69) is 5.16 Å². The highest BCUT2D eigenvalue weighted by molar-refractivity contribution is 6.33. The van der Waals surface area contributed by atoms with Crippen molar-refractivity contribution in [2.45, 2.75) is 32.8 Å². The Morgan fingerprint density at radius 3 is 2.89 bits per heavy atom. The first kappa shape index (κ1) is 15.5. The van der Waals surface area contributed by atoms with Gasteiger partial charge in [-0.2, -0.15) is 0 Å². The third-order valence-electron chi connectivity index (χ3n) is 2.39. The number of oxime groups is 1. The maximum Gasteiger partial charge on any atom is 0.349 e. The molecule has 1 aromatic rings. The van der Waals surface area contributed by atoms with E-state index in [9.17, 15) is 4.79 Å². The minimum Gasteiger partial charge on any atom is -0.463 e. The van der Waals surface area contributed by atoms with Crippen LogP contribution < -0.4 is 0 Å². The molecule has 0 aliphatic heterocycles. The molecular weight excluding hydrogens is 266 g/mol. The molecular formula is C14H18ClNO3. The van der Waals surface area contributed by atoms with Gasteiger partial charge in [-0.25, -0.2) is 4.79 Å². The van der Waals surface area contributed by atoms with Crippen LogP contribution in [0.3, 0.4) is 0 Å². The predicted molar refractivity (Wildman–Crippen MR) is 75.5 cm³/mol. The lowest BCUT2D eigenvalue weighted by molar-refractivity contribution is -0.156. The van der Waals surface area contributed by atoms with E-state index in [0.29, 0.717) is 11.6 Å². The van der Waals surface area contributed by atoms with Crippen molar-refractivity contribution in [1.29, 1.82) is 0 Å².